The Balaban J connectivity index is 2.16. The molecule has 0 aliphatic rings. The first kappa shape index (κ1) is 17.5. The lowest BCUT2D eigenvalue weighted by molar-refractivity contribution is 0.0693. The van der Waals surface area contributed by atoms with Gasteiger partial charge in [-0.05, 0) is 44.4 Å². The molecule has 0 spiro atoms. The van der Waals surface area contributed by atoms with Gasteiger partial charge in [-0.15, -0.1) is 0 Å². The van der Waals surface area contributed by atoms with Crippen LogP contribution < -0.4 is 14.8 Å². The number of carboxylic acids is 1. The molecule has 3 N–H and O–H groups in total. The largest absolute Gasteiger partial charge is 0.496 e. The van der Waals surface area contributed by atoms with Gasteiger partial charge in [0, 0.05) is 17.1 Å². The summed E-state index contributed by atoms with van der Waals surface area (Å²) < 4.78 is 11.0. The molecule has 2 heterocycles. The van der Waals surface area contributed by atoms with E-state index in [1.165, 1.54) is 7.11 Å². The average molecular weight is 356 g/mol. The summed E-state index contributed by atoms with van der Waals surface area (Å²) in [6, 6.07) is 6.77. The molecule has 3 rings (SSSR count). The van der Waals surface area contributed by atoms with Gasteiger partial charge in [0.2, 0.25) is 5.88 Å². The van der Waals surface area contributed by atoms with E-state index in [1.54, 1.807) is 18.2 Å². The predicted octanol–water partition coefficient (Wildman–Crippen LogP) is 3.50. The van der Waals surface area contributed by atoms with Crippen molar-refractivity contribution in [1.29, 1.82) is 0 Å². The van der Waals surface area contributed by atoms with Crippen molar-refractivity contribution in [2.24, 2.45) is 0 Å². The number of nitrogens with one attached hydrogen (secondary N) is 2. The van der Waals surface area contributed by atoms with Crippen LogP contribution in [-0.4, -0.2) is 39.5 Å². The minimum absolute atomic E-state index is 0.0725. The summed E-state index contributed by atoms with van der Waals surface area (Å²) >= 11 is 0. The van der Waals surface area contributed by atoms with Crippen LogP contribution >= 0.6 is 0 Å². The second-order valence-corrected chi connectivity index (χ2v) is 6.12. The van der Waals surface area contributed by atoms with Gasteiger partial charge in [-0.3, -0.25) is 5.10 Å². The number of anilines is 2. The van der Waals surface area contributed by atoms with Crippen LogP contribution in [0.15, 0.2) is 24.3 Å². The number of aryl methyl sites for hydroxylation is 1. The average Bonchev–Trinajstić information content (AvgIpc) is 2.98. The summed E-state index contributed by atoms with van der Waals surface area (Å²) in [5.74, 6) is 0.689. The summed E-state index contributed by atoms with van der Waals surface area (Å²) in [7, 11) is 1.43. The summed E-state index contributed by atoms with van der Waals surface area (Å²) in [6.45, 7) is 5.69. The number of methoxy groups -OCH3 is 1. The van der Waals surface area contributed by atoms with Crippen molar-refractivity contribution >= 4 is 28.4 Å². The number of ether oxygens (including phenoxy) is 2. The number of carboxylic acid groups (broad SMARTS) is 1. The molecule has 0 unspecified atom stereocenters. The third-order valence-electron chi connectivity index (χ3n) is 3.66. The fourth-order valence-corrected chi connectivity index (χ4v) is 2.58. The Labute approximate surface area is 150 Å². The third kappa shape index (κ3) is 3.53. The number of aromatic nitrogens is 3. The maximum atomic E-state index is 11.5. The highest BCUT2D eigenvalue weighted by Crippen LogP contribution is 2.34. The summed E-state index contributed by atoms with van der Waals surface area (Å²) in [4.78, 5) is 16.0. The smallest absolute Gasteiger partial charge is 0.339 e. The van der Waals surface area contributed by atoms with E-state index in [0.29, 0.717) is 28.3 Å². The van der Waals surface area contributed by atoms with Crippen LogP contribution in [0.5, 0.6) is 11.6 Å². The highest BCUT2D eigenvalue weighted by Gasteiger charge is 2.17. The molecule has 0 saturated heterocycles. The van der Waals surface area contributed by atoms with E-state index in [4.69, 9.17) is 9.47 Å². The van der Waals surface area contributed by atoms with Gasteiger partial charge in [-0.2, -0.15) is 10.1 Å². The van der Waals surface area contributed by atoms with Crippen LogP contribution in [0.1, 0.15) is 29.9 Å². The van der Waals surface area contributed by atoms with E-state index < -0.39 is 5.97 Å². The monoisotopic (exact) mass is 356 g/mol. The summed E-state index contributed by atoms with van der Waals surface area (Å²) in [5.41, 5.74) is 0.980. The van der Waals surface area contributed by atoms with E-state index in [-0.39, 0.29) is 17.4 Å². The first-order valence-corrected chi connectivity index (χ1v) is 8.09. The molecule has 0 aliphatic heterocycles. The molecule has 3 aromatic rings. The van der Waals surface area contributed by atoms with Crippen molar-refractivity contribution in [3.63, 3.8) is 0 Å². The Hall–Kier alpha value is -3.29. The summed E-state index contributed by atoms with van der Waals surface area (Å²) in [6.07, 6.45) is -0.0984. The minimum Gasteiger partial charge on any atom is -0.496 e. The molecule has 0 fully saturated rings. The van der Waals surface area contributed by atoms with Gasteiger partial charge in [0.1, 0.15) is 17.1 Å². The van der Waals surface area contributed by atoms with Crippen LogP contribution in [0.2, 0.25) is 0 Å². The second-order valence-electron chi connectivity index (χ2n) is 6.12. The molecular formula is C18H20N4O4. The summed E-state index contributed by atoms with van der Waals surface area (Å²) in [5, 5.41) is 20.8. The molecule has 0 saturated carbocycles. The van der Waals surface area contributed by atoms with Crippen LogP contribution in [0.3, 0.4) is 0 Å². The zero-order valence-electron chi connectivity index (χ0n) is 15.0. The molecule has 0 aliphatic carbocycles. The Morgan fingerprint density at radius 3 is 2.58 bits per heavy atom. The number of pyridine rings is 1. The lowest BCUT2D eigenvalue weighted by atomic mass is 10.1. The maximum absolute atomic E-state index is 11.5. The molecule has 8 nitrogen and oxygen atoms in total. The van der Waals surface area contributed by atoms with Crippen molar-refractivity contribution in [1.82, 2.24) is 15.2 Å². The lowest BCUT2D eigenvalue weighted by Gasteiger charge is -2.15. The van der Waals surface area contributed by atoms with Crippen molar-refractivity contribution in [2.75, 3.05) is 12.4 Å². The number of benzene rings is 1. The highest BCUT2D eigenvalue weighted by atomic mass is 16.5. The molecule has 26 heavy (non-hydrogen) atoms. The fraction of sp³-hybridized carbons (Fsp3) is 0.278. The number of H-pyrrole nitrogens is 1. The van der Waals surface area contributed by atoms with Crippen molar-refractivity contribution in [3.8, 4) is 11.6 Å². The van der Waals surface area contributed by atoms with E-state index in [1.807, 2.05) is 26.8 Å². The zero-order chi connectivity index (χ0) is 18.8. The zero-order valence-corrected chi connectivity index (χ0v) is 15.0. The Morgan fingerprint density at radius 1 is 1.23 bits per heavy atom. The van der Waals surface area contributed by atoms with Crippen molar-refractivity contribution < 1.29 is 19.4 Å². The SMILES string of the molecule is COc1cc2c(OC(C)C)nc(Nc3cc(C)[nH]n3)cc2cc1C(=O)O. The molecule has 0 radical (unpaired) electrons. The molecule has 8 heteroatoms. The molecule has 2 aromatic heterocycles. The number of nitrogens with zero attached hydrogens (tertiary/aromatic N) is 2. The predicted molar refractivity (Wildman–Crippen MR) is 97.6 cm³/mol. The van der Waals surface area contributed by atoms with E-state index in [0.717, 1.165) is 5.69 Å². The van der Waals surface area contributed by atoms with Gasteiger partial charge in [-0.25, -0.2) is 4.79 Å². The normalized spacial score (nSPS) is 11.0. The van der Waals surface area contributed by atoms with Crippen molar-refractivity contribution in [3.05, 3.63) is 35.5 Å². The topological polar surface area (TPSA) is 109 Å². The van der Waals surface area contributed by atoms with Gasteiger partial charge < -0.3 is 19.9 Å². The molecular weight excluding hydrogens is 336 g/mol. The fourth-order valence-electron chi connectivity index (χ4n) is 2.58. The van der Waals surface area contributed by atoms with Gasteiger partial charge in [0.05, 0.1) is 13.2 Å². The number of hydrogen-bond donors (Lipinski definition) is 3. The Kier molecular flexibility index (Phi) is 4.66. The third-order valence-corrected chi connectivity index (χ3v) is 3.66. The highest BCUT2D eigenvalue weighted by molar-refractivity contribution is 6.00. The van der Waals surface area contributed by atoms with Gasteiger partial charge in [0.15, 0.2) is 5.82 Å². The standard InChI is InChI=1S/C18H20N4O4/c1-9(2)26-17-12-8-14(25-4)13(18(23)24)6-11(12)7-15(20-17)19-16-5-10(3)21-22-16/h5-9H,1-4H3,(H,23,24)(H2,19,20,21,22). The van der Waals surface area contributed by atoms with Crippen LogP contribution in [0, 0.1) is 6.92 Å². The van der Waals surface area contributed by atoms with Crippen molar-refractivity contribution in [2.45, 2.75) is 26.9 Å². The quantitative estimate of drug-likeness (QED) is 0.620. The second kappa shape index (κ2) is 6.91. The molecule has 0 amide bonds. The number of fused-ring (bicyclic) bond motifs is 1. The van der Waals surface area contributed by atoms with E-state index >= 15 is 0 Å². The molecule has 0 atom stereocenters. The maximum Gasteiger partial charge on any atom is 0.339 e. The number of aromatic carboxylic acids is 1. The number of rotatable bonds is 6. The number of carbonyl (C=O) groups is 1. The van der Waals surface area contributed by atoms with E-state index in [2.05, 4.69) is 20.5 Å². The Bertz CT molecular complexity index is 965. The minimum atomic E-state index is -1.07. The molecule has 136 valence electrons. The number of aromatic amines is 1. The first-order chi connectivity index (χ1) is 12.4. The van der Waals surface area contributed by atoms with Gasteiger partial charge in [0.25, 0.3) is 0 Å². The van der Waals surface area contributed by atoms with Crippen LogP contribution in [0.25, 0.3) is 10.8 Å². The first-order valence-electron chi connectivity index (χ1n) is 8.09. The van der Waals surface area contributed by atoms with Gasteiger partial charge in [-0.1, -0.05) is 0 Å². The molecule has 1 aromatic carbocycles. The number of hydrogen-bond acceptors (Lipinski definition) is 6. The molecule has 0 bridgehead atoms. The van der Waals surface area contributed by atoms with Crippen LogP contribution in [-0.2, 0) is 0 Å². The Morgan fingerprint density at radius 2 is 2.00 bits per heavy atom. The van der Waals surface area contributed by atoms with E-state index in [9.17, 15) is 9.90 Å². The van der Waals surface area contributed by atoms with Crippen LogP contribution in [0.4, 0.5) is 11.6 Å². The lowest BCUT2D eigenvalue weighted by Crippen LogP contribution is -2.09. The van der Waals surface area contributed by atoms with Gasteiger partial charge >= 0.3 is 5.97 Å².